The zero-order chi connectivity index (χ0) is 21.9. The number of amides is 1. The van der Waals surface area contributed by atoms with E-state index in [1.54, 1.807) is 34.0 Å². The van der Waals surface area contributed by atoms with E-state index < -0.39 is 29.3 Å². The average molecular weight is 440 g/mol. The first-order valence-electron chi connectivity index (χ1n) is 8.93. The standard InChI is InChI=1S/C20H23ClFN3O3S/c1-6-14(25(19(27)28)20(2,3)4)12-7-8-13(21)15(16(12)22)17(26)11-9-23-18(29-5)24-10-11/h7-10,14H,6H2,1-5H3,(H,27,28)/t14-/m1/s1. The van der Waals surface area contributed by atoms with Crippen LogP contribution in [0.2, 0.25) is 5.02 Å². The van der Waals surface area contributed by atoms with Crippen molar-refractivity contribution < 1.29 is 19.1 Å². The van der Waals surface area contributed by atoms with Gasteiger partial charge in [0.15, 0.2) is 5.16 Å². The van der Waals surface area contributed by atoms with Crippen LogP contribution in [-0.4, -0.2) is 43.6 Å². The predicted octanol–water partition coefficient (Wildman–Crippen LogP) is 5.45. The number of nitrogens with zero attached hydrogens (tertiary/aromatic N) is 3. The Morgan fingerprint density at radius 3 is 2.31 bits per heavy atom. The summed E-state index contributed by atoms with van der Waals surface area (Å²) in [6.07, 6.45) is 3.58. The van der Waals surface area contributed by atoms with Gasteiger partial charge in [-0.1, -0.05) is 36.4 Å². The van der Waals surface area contributed by atoms with Gasteiger partial charge in [-0.05, 0) is 39.5 Å². The average Bonchev–Trinajstić information content (AvgIpc) is 2.65. The SMILES string of the molecule is CC[C@H](c1ccc(Cl)c(C(=O)c2cnc(SC)nc2)c1F)N(C(=O)O)C(C)(C)C. The van der Waals surface area contributed by atoms with Crippen molar-refractivity contribution in [1.29, 1.82) is 0 Å². The molecule has 0 spiro atoms. The number of rotatable bonds is 6. The van der Waals surface area contributed by atoms with Crippen molar-refractivity contribution in [2.75, 3.05) is 6.26 Å². The molecular weight excluding hydrogens is 417 g/mol. The minimum Gasteiger partial charge on any atom is -0.465 e. The maximum absolute atomic E-state index is 15.5. The zero-order valence-electron chi connectivity index (χ0n) is 16.9. The molecule has 0 saturated carbocycles. The van der Waals surface area contributed by atoms with E-state index in [2.05, 4.69) is 9.97 Å². The molecular formula is C20H23ClFN3O3S. The molecule has 6 nitrogen and oxygen atoms in total. The third-order valence-corrected chi connectivity index (χ3v) is 5.30. The normalized spacial score (nSPS) is 12.5. The van der Waals surface area contributed by atoms with E-state index in [1.807, 2.05) is 0 Å². The minimum absolute atomic E-state index is 0.0577. The molecule has 0 saturated heterocycles. The fraction of sp³-hybridized carbons (Fsp3) is 0.400. The highest BCUT2D eigenvalue weighted by Crippen LogP contribution is 2.35. The summed E-state index contributed by atoms with van der Waals surface area (Å²) in [5.41, 5.74) is -0.897. The van der Waals surface area contributed by atoms with Gasteiger partial charge in [0.05, 0.1) is 22.2 Å². The molecule has 0 aliphatic heterocycles. The topological polar surface area (TPSA) is 83.4 Å². The van der Waals surface area contributed by atoms with Crippen LogP contribution in [0.15, 0.2) is 29.7 Å². The van der Waals surface area contributed by atoms with E-state index in [0.717, 1.165) is 0 Å². The number of carboxylic acid groups (broad SMARTS) is 1. The number of thioether (sulfide) groups is 1. The van der Waals surface area contributed by atoms with Crippen LogP contribution in [0.4, 0.5) is 9.18 Å². The van der Waals surface area contributed by atoms with Crippen LogP contribution >= 0.6 is 23.4 Å². The molecule has 2 aromatic rings. The van der Waals surface area contributed by atoms with Crippen LogP contribution in [0.5, 0.6) is 0 Å². The van der Waals surface area contributed by atoms with E-state index in [1.165, 1.54) is 41.2 Å². The number of hydrogen-bond donors (Lipinski definition) is 1. The molecule has 29 heavy (non-hydrogen) atoms. The predicted molar refractivity (Wildman–Crippen MR) is 111 cm³/mol. The van der Waals surface area contributed by atoms with Gasteiger partial charge < -0.3 is 5.11 Å². The molecule has 0 fully saturated rings. The highest BCUT2D eigenvalue weighted by atomic mass is 35.5. The number of carbonyl (C=O) groups excluding carboxylic acids is 1. The highest BCUT2D eigenvalue weighted by molar-refractivity contribution is 7.98. The fourth-order valence-electron chi connectivity index (χ4n) is 3.15. The van der Waals surface area contributed by atoms with Gasteiger partial charge >= 0.3 is 6.09 Å². The maximum Gasteiger partial charge on any atom is 0.408 e. The van der Waals surface area contributed by atoms with Crippen molar-refractivity contribution in [3.8, 4) is 0 Å². The highest BCUT2D eigenvalue weighted by Gasteiger charge is 2.36. The van der Waals surface area contributed by atoms with Crippen molar-refractivity contribution in [2.24, 2.45) is 0 Å². The quantitative estimate of drug-likeness (QED) is 0.366. The van der Waals surface area contributed by atoms with Crippen molar-refractivity contribution in [2.45, 2.75) is 50.9 Å². The first kappa shape index (κ1) is 23.1. The molecule has 0 radical (unpaired) electrons. The van der Waals surface area contributed by atoms with E-state index in [-0.39, 0.29) is 21.7 Å². The number of aromatic nitrogens is 2. The van der Waals surface area contributed by atoms with Crippen LogP contribution in [0.1, 0.15) is 61.6 Å². The van der Waals surface area contributed by atoms with Crippen molar-refractivity contribution >= 4 is 35.2 Å². The van der Waals surface area contributed by atoms with Gasteiger partial charge in [0, 0.05) is 23.5 Å². The van der Waals surface area contributed by atoms with Crippen molar-refractivity contribution in [3.05, 3.63) is 52.1 Å². The summed E-state index contributed by atoms with van der Waals surface area (Å²) in [5.74, 6) is -1.49. The van der Waals surface area contributed by atoms with Crippen LogP contribution in [-0.2, 0) is 0 Å². The van der Waals surface area contributed by atoms with Gasteiger partial charge in [0.1, 0.15) is 5.82 Å². The third kappa shape index (κ3) is 4.87. The number of carbonyl (C=O) groups is 2. The largest absolute Gasteiger partial charge is 0.465 e. The molecule has 2 rings (SSSR count). The van der Waals surface area contributed by atoms with Crippen molar-refractivity contribution in [3.63, 3.8) is 0 Å². The summed E-state index contributed by atoms with van der Waals surface area (Å²) in [7, 11) is 0. The second-order valence-corrected chi connectivity index (χ2v) is 8.54. The molecule has 1 aromatic heterocycles. The summed E-state index contributed by atoms with van der Waals surface area (Å²) < 4.78 is 15.5. The molecule has 1 heterocycles. The minimum atomic E-state index is -1.17. The molecule has 0 aliphatic rings. The van der Waals surface area contributed by atoms with Crippen LogP contribution in [0.3, 0.4) is 0 Å². The Labute approximate surface area is 178 Å². The van der Waals surface area contributed by atoms with Gasteiger partial charge in [-0.15, -0.1) is 0 Å². The summed E-state index contributed by atoms with van der Waals surface area (Å²) >= 11 is 7.46. The fourth-order valence-corrected chi connectivity index (χ4v) is 3.69. The zero-order valence-corrected chi connectivity index (χ0v) is 18.4. The lowest BCUT2D eigenvalue weighted by atomic mass is 9.93. The Hall–Kier alpha value is -2.19. The molecule has 9 heteroatoms. The number of ketones is 1. The van der Waals surface area contributed by atoms with Crippen LogP contribution in [0, 0.1) is 5.82 Å². The number of hydrogen-bond acceptors (Lipinski definition) is 5. The lowest BCUT2D eigenvalue weighted by Gasteiger charge is -2.39. The Bertz CT molecular complexity index is 916. The smallest absolute Gasteiger partial charge is 0.408 e. The first-order valence-corrected chi connectivity index (χ1v) is 10.5. The van der Waals surface area contributed by atoms with Crippen LogP contribution < -0.4 is 0 Å². The van der Waals surface area contributed by atoms with E-state index in [0.29, 0.717) is 11.6 Å². The number of halogens is 2. The summed E-state index contributed by atoms with van der Waals surface area (Å²) in [5, 5.41) is 10.1. The molecule has 0 bridgehead atoms. The molecule has 1 atom stereocenters. The molecule has 0 unspecified atom stereocenters. The second kappa shape index (κ2) is 9.09. The van der Waals surface area contributed by atoms with E-state index >= 15 is 4.39 Å². The maximum atomic E-state index is 15.5. The monoisotopic (exact) mass is 439 g/mol. The number of benzene rings is 1. The Morgan fingerprint density at radius 1 is 1.28 bits per heavy atom. The Kier molecular flexibility index (Phi) is 7.24. The van der Waals surface area contributed by atoms with E-state index in [4.69, 9.17) is 11.6 Å². The molecule has 1 amide bonds. The Balaban J connectivity index is 2.58. The molecule has 0 aliphatic carbocycles. The Morgan fingerprint density at radius 2 is 1.86 bits per heavy atom. The lowest BCUT2D eigenvalue weighted by Crippen LogP contribution is -2.47. The lowest BCUT2D eigenvalue weighted by molar-refractivity contribution is 0.0671. The van der Waals surface area contributed by atoms with Gasteiger partial charge in [0.25, 0.3) is 0 Å². The summed E-state index contributed by atoms with van der Waals surface area (Å²) in [4.78, 5) is 34.1. The van der Waals surface area contributed by atoms with Gasteiger partial charge in [-0.25, -0.2) is 19.2 Å². The van der Waals surface area contributed by atoms with Gasteiger partial charge in [0.2, 0.25) is 5.78 Å². The van der Waals surface area contributed by atoms with Gasteiger partial charge in [-0.3, -0.25) is 9.69 Å². The first-order chi connectivity index (χ1) is 13.5. The summed E-state index contributed by atoms with van der Waals surface area (Å²) in [6, 6.07) is 2.05. The molecule has 1 N–H and O–H groups in total. The van der Waals surface area contributed by atoms with Gasteiger partial charge in [-0.2, -0.15) is 0 Å². The molecule has 1 aromatic carbocycles. The second-order valence-electron chi connectivity index (χ2n) is 7.36. The van der Waals surface area contributed by atoms with Crippen LogP contribution in [0.25, 0.3) is 0 Å². The van der Waals surface area contributed by atoms with E-state index in [9.17, 15) is 14.7 Å². The molecule has 156 valence electrons. The third-order valence-electron chi connectivity index (χ3n) is 4.41. The van der Waals surface area contributed by atoms with Crippen molar-refractivity contribution in [1.82, 2.24) is 14.9 Å². The summed E-state index contributed by atoms with van der Waals surface area (Å²) in [6.45, 7) is 6.95.